The predicted molar refractivity (Wildman–Crippen MR) is 91.3 cm³/mol. The summed E-state index contributed by atoms with van der Waals surface area (Å²) in [5.41, 5.74) is 5.13. The first-order valence-corrected chi connectivity index (χ1v) is 8.66. The van der Waals surface area contributed by atoms with Crippen molar-refractivity contribution in [2.24, 2.45) is 0 Å². The lowest BCUT2D eigenvalue weighted by Crippen LogP contribution is -2.26. The van der Waals surface area contributed by atoms with Gasteiger partial charge in [-0.15, -0.1) is 10.2 Å². The van der Waals surface area contributed by atoms with Crippen molar-refractivity contribution in [2.75, 3.05) is 0 Å². The Balaban J connectivity index is 1.55. The van der Waals surface area contributed by atoms with E-state index in [1.165, 1.54) is 30.5 Å². The van der Waals surface area contributed by atoms with Crippen LogP contribution in [-0.2, 0) is 19.4 Å². The topological polar surface area (TPSA) is 101 Å². The van der Waals surface area contributed by atoms with Crippen LogP contribution in [0.15, 0.2) is 6.07 Å². The molecule has 25 heavy (non-hydrogen) atoms. The second kappa shape index (κ2) is 6.27. The molecule has 3 aromatic heterocycles. The fourth-order valence-electron chi connectivity index (χ4n) is 3.49. The summed E-state index contributed by atoms with van der Waals surface area (Å²) in [6.07, 6.45) is 5.67. The van der Waals surface area contributed by atoms with Gasteiger partial charge in [0.2, 0.25) is 5.82 Å². The fraction of sp³-hybridized carbons (Fsp3) is 0.471. The van der Waals surface area contributed by atoms with E-state index in [2.05, 4.69) is 30.7 Å². The first-order chi connectivity index (χ1) is 12.1. The third-order valence-corrected chi connectivity index (χ3v) is 4.70. The molecule has 0 atom stereocenters. The van der Waals surface area contributed by atoms with E-state index in [4.69, 9.17) is 0 Å². The molecule has 1 amide bonds. The highest BCUT2D eigenvalue weighted by atomic mass is 16.2. The standard InChI is InChI=1S/C17H21N7O/c1-10-8-11(2)24-15(22-23-17(24)19-10)16(25)18-9-14-12-6-4-3-5-7-13(12)20-21-14/h8H,3-7,9H2,1-2H3,(H,18,25)(H,20,21). The summed E-state index contributed by atoms with van der Waals surface area (Å²) in [6, 6.07) is 1.90. The lowest BCUT2D eigenvalue weighted by Gasteiger charge is -2.06. The highest BCUT2D eigenvalue weighted by molar-refractivity contribution is 5.91. The number of amides is 1. The molecular formula is C17H21N7O. The van der Waals surface area contributed by atoms with Crippen molar-refractivity contribution in [3.63, 3.8) is 0 Å². The van der Waals surface area contributed by atoms with E-state index in [9.17, 15) is 4.79 Å². The van der Waals surface area contributed by atoms with Crippen LogP contribution >= 0.6 is 0 Å². The van der Waals surface area contributed by atoms with Crippen LogP contribution in [0, 0.1) is 13.8 Å². The molecule has 0 fully saturated rings. The molecule has 1 aliphatic rings. The van der Waals surface area contributed by atoms with Crippen LogP contribution in [0.25, 0.3) is 5.78 Å². The Morgan fingerprint density at radius 1 is 1.24 bits per heavy atom. The highest BCUT2D eigenvalue weighted by Gasteiger charge is 2.19. The van der Waals surface area contributed by atoms with Crippen molar-refractivity contribution in [3.05, 3.63) is 40.2 Å². The number of rotatable bonds is 3. The molecule has 0 saturated heterocycles. The number of aromatic amines is 1. The number of aromatic nitrogens is 6. The van der Waals surface area contributed by atoms with Gasteiger partial charge in [-0.05, 0) is 51.2 Å². The maximum absolute atomic E-state index is 12.6. The number of carbonyl (C=O) groups excluding carboxylic acids is 1. The number of hydrogen-bond donors (Lipinski definition) is 2. The van der Waals surface area contributed by atoms with Crippen molar-refractivity contribution in [2.45, 2.75) is 52.5 Å². The van der Waals surface area contributed by atoms with E-state index in [0.29, 0.717) is 12.3 Å². The third-order valence-electron chi connectivity index (χ3n) is 4.70. The molecule has 1 aliphatic carbocycles. The minimum atomic E-state index is -0.272. The Morgan fingerprint density at radius 3 is 2.96 bits per heavy atom. The van der Waals surface area contributed by atoms with Crippen molar-refractivity contribution >= 4 is 11.7 Å². The van der Waals surface area contributed by atoms with Gasteiger partial charge in [-0.2, -0.15) is 5.10 Å². The van der Waals surface area contributed by atoms with Crippen LogP contribution in [0.3, 0.4) is 0 Å². The molecule has 8 heteroatoms. The van der Waals surface area contributed by atoms with Gasteiger partial charge in [-0.3, -0.25) is 14.3 Å². The summed E-state index contributed by atoms with van der Waals surface area (Å²) in [5.74, 6) is 0.421. The van der Waals surface area contributed by atoms with E-state index < -0.39 is 0 Å². The number of carbonyl (C=O) groups is 1. The number of hydrogen-bond acceptors (Lipinski definition) is 5. The minimum Gasteiger partial charge on any atom is -0.344 e. The van der Waals surface area contributed by atoms with Crippen LogP contribution < -0.4 is 5.32 Å². The van der Waals surface area contributed by atoms with Crippen molar-refractivity contribution in [3.8, 4) is 0 Å². The van der Waals surface area contributed by atoms with Crippen molar-refractivity contribution in [1.29, 1.82) is 0 Å². The zero-order valence-electron chi connectivity index (χ0n) is 14.5. The van der Waals surface area contributed by atoms with Crippen LogP contribution in [0.5, 0.6) is 0 Å². The second-order valence-electron chi connectivity index (χ2n) is 6.57. The van der Waals surface area contributed by atoms with Gasteiger partial charge in [0.1, 0.15) is 0 Å². The van der Waals surface area contributed by atoms with E-state index >= 15 is 0 Å². The predicted octanol–water partition coefficient (Wildman–Crippen LogP) is 1.66. The van der Waals surface area contributed by atoms with E-state index in [-0.39, 0.29) is 11.7 Å². The van der Waals surface area contributed by atoms with Gasteiger partial charge in [-0.1, -0.05) is 6.42 Å². The summed E-state index contributed by atoms with van der Waals surface area (Å²) in [5, 5.41) is 18.5. The highest BCUT2D eigenvalue weighted by Crippen LogP contribution is 2.21. The zero-order chi connectivity index (χ0) is 17.4. The summed E-state index contributed by atoms with van der Waals surface area (Å²) in [6.45, 7) is 4.19. The number of H-pyrrole nitrogens is 1. The SMILES string of the molecule is Cc1cc(C)n2c(C(=O)NCc3n[nH]c4c3CCCCC4)nnc2n1. The van der Waals surface area contributed by atoms with Gasteiger partial charge in [0.05, 0.1) is 12.2 Å². The Bertz CT molecular complexity index is 940. The number of aryl methyl sites for hydroxylation is 3. The molecule has 3 aromatic rings. The summed E-state index contributed by atoms with van der Waals surface area (Å²) >= 11 is 0. The average Bonchev–Trinajstić information content (AvgIpc) is 3.10. The largest absolute Gasteiger partial charge is 0.344 e. The normalized spacial score (nSPS) is 14.3. The molecule has 3 heterocycles. The van der Waals surface area contributed by atoms with Gasteiger partial charge >= 0.3 is 0 Å². The Hall–Kier alpha value is -2.77. The first kappa shape index (κ1) is 15.7. The van der Waals surface area contributed by atoms with Gasteiger partial charge < -0.3 is 5.32 Å². The molecule has 4 rings (SSSR count). The molecule has 0 radical (unpaired) electrons. The van der Waals surface area contributed by atoms with Gasteiger partial charge in [0, 0.05) is 17.1 Å². The maximum Gasteiger partial charge on any atom is 0.289 e. The minimum absolute atomic E-state index is 0.252. The monoisotopic (exact) mass is 339 g/mol. The zero-order valence-corrected chi connectivity index (χ0v) is 14.5. The van der Waals surface area contributed by atoms with Crippen molar-refractivity contribution < 1.29 is 4.79 Å². The van der Waals surface area contributed by atoms with Gasteiger partial charge in [0.25, 0.3) is 11.7 Å². The summed E-state index contributed by atoms with van der Waals surface area (Å²) in [7, 11) is 0. The summed E-state index contributed by atoms with van der Waals surface area (Å²) in [4.78, 5) is 16.9. The quantitative estimate of drug-likeness (QED) is 0.707. The number of fused-ring (bicyclic) bond motifs is 2. The lowest BCUT2D eigenvalue weighted by molar-refractivity contribution is 0.0938. The van der Waals surface area contributed by atoms with Crippen LogP contribution in [0.1, 0.15) is 58.2 Å². The number of nitrogens with one attached hydrogen (secondary N) is 2. The van der Waals surface area contributed by atoms with E-state index in [1.54, 1.807) is 4.40 Å². The van der Waals surface area contributed by atoms with E-state index in [0.717, 1.165) is 29.9 Å². The van der Waals surface area contributed by atoms with Crippen molar-refractivity contribution in [1.82, 2.24) is 35.1 Å². The molecule has 2 N–H and O–H groups in total. The first-order valence-electron chi connectivity index (χ1n) is 8.66. The molecule has 0 unspecified atom stereocenters. The number of nitrogens with zero attached hydrogens (tertiary/aromatic N) is 5. The second-order valence-corrected chi connectivity index (χ2v) is 6.57. The molecule has 130 valence electrons. The van der Waals surface area contributed by atoms with Crippen LogP contribution in [0.4, 0.5) is 0 Å². The molecule has 0 aliphatic heterocycles. The average molecular weight is 339 g/mol. The van der Waals surface area contributed by atoms with Gasteiger partial charge in [0.15, 0.2) is 0 Å². The van der Waals surface area contributed by atoms with Crippen LogP contribution in [0.2, 0.25) is 0 Å². The molecule has 0 saturated carbocycles. The Kier molecular flexibility index (Phi) is 3.95. The Labute approximate surface area is 145 Å². The molecule has 0 spiro atoms. The smallest absolute Gasteiger partial charge is 0.289 e. The van der Waals surface area contributed by atoms with Crippen LogP contribution in [-0.4, -0.2) is 35.7 Å². The third kappa shape index (κ3) is 2.88. The maximum atomic E-state index is 12.6. The molecule has 0 bridgehead atoms. The molecule has 8 nitrogen and oxygen atoms in total. The van der Waals surface area contributed by atoms with Gasteiger partial charge in [-0.25, -0.2) is 4.98 Å². The fourth-order valence-corrected chi connectivity index (χ4v) is 3.49. The van der Waals surface area contributed by atoms with E-state index in [1.807, 2.05) is 19.9 Å². The summed E-state index contributed by atoms with van der Waals surface area (Å²) < 4.78 is 1.67. The molecule has 0 aromatic carbocycles. The molecular weight excluding hydrogens is 318 g/mol. The Morgan fingerprint density at radius 2 is 2.08 bits per heavy atom. The lowest BCUT2D eigenvalue weighted by atomic mass is 10.1.